The molecule has 1 fully saturated rings. The molecular weight excluding hydrogens is 258 g/mol. The van der Waals surface area contributed by atoms with Crippen molar-refractivity contribution in [3.8, 4) is 5.75 Å². The highest BCUT2D eigenvalue weighted by molar-refractivity contribution is 5.76. The highest BCUT2D eigenvalue weighted by Gasteiger charge is 2.38. The van der Waals surface area contributed by atoms with Gasteiger partial charge in [-0.2, -0.15) is 0 Å². The van der Waals surface area contributed by atoms with Gasteiger partial charge in [0.25, 0.3) is 0 Å². The summed E-state index contributed by atoms with van der Waals surface area (Å²) in [6, 6.07) is 7.62. The molecule has 3 unspecified atom stereocenters. The predicted octanol–water partition coefficient (Wildman–Crippen LogP) is 0.598. The van der Waals surface area contributed by atoms with Crippen molar-refractivity contribution in [2.75, 3.05) is 20.2 Å². The summed E-state index contributed by atoms with van der Waals surface area (Å²) in [4.78, 5) is 13.7. The number of carbonyl (C=O) groups is 1. The number of hydrogen-bond acceptors (Lipinski definition) is 5. The third-order valence-corrected chi connectivity index (χ3v) is 4.01. The fourth-order valence-electron chi connectivity index (χ4n) is 3.08. The first kappa shape index (κ1) is 13.4. The molecule has 3 rings (SSSR count). The van der Waals surface area contributed by atoms with Crippen LogP contribution in [0.5, 0.6) is 5.75 Å². The first-order valence-corrected chi connectivity index (χ1v) is 6.92. The summed E-state index contributed by atoms with van der Waals surface area (Å²) >= 11 is 0. The fraction of sp³-hybridized carbons (Fsp3) is 0.533. The largest absolute Gasteiger partial charge is 0.488 e. The lowest BCUT2D eigenvalue weighted by Crippen LogP contribution is -2.42. The van der Waals surface area contributed by atoms with E-state index >= 15 is 0 Å². The molecule has 0 radical (unpaired) electrons. The minimum Gasteiger partial charge on any atom is -0.488 e. The number of para-hydroxylation sites is 1. The summed E-state index contributed by atoms with van der Waals surface area (Å²) in [6.07, 6.45) is 0.843. The molecule has 2 aliphatic rings. The number of aliphatic hydroxyl groups excluding tert-OH is 1. The lowest BCUT2D eigenvalue weighted by atomic mass is 10.1. The molecule has 0 bridgehead atoms. The number of fused-ring (bicyclic) bond motifs is 1. The molecule has 2 heterocycles. The second-order valence-electron chi connectivity index (χ2n) is 5.43. The average molecular weight is 277 g/mol. The summed E-state index contributed by atoms with van der Waals surface area (Å²) < 4.78 is 10.7. The van der Waals surface area contributed by atoms with Gasteiger partial charge >= 0.3 is 5.97 Å². The summed E-state index contributed by atoms with van der Waals surface area (Å²) in [5.41, 5.74) is 1.20. The number of methoxy groups -OCH3 is 1. The Morgan fingerprint density at radius 2 is 2.30 bits per heavy atom. The van der Waals surface area contributed by atoms with E-state index in [1.54, 1.807) is 0 Å². The van der Waals surface area contributed by atoms with Crippen molar-refractivity contribution in [3.05, 3.63) is 29.8 Å². The SMILES string of the molecule is COC(=O)C1CC(O)CN1CC1Cc2ccccc2O1. The zero-order valence-electron chi connectivity index (χ0n) is 11.5. The van der Waals surface area contributed by atoms with Crippen molar-refractivity contribution in [1.82, 2.24) is 4.90 Å². The third kappa shape index (κ3) is 2.51. The van der Waals surface area contributed by atoms with Crippen molar-refractivity contribution in [2.24, 2.45) is 0 Å². The Kier molecular flexibility index (Phi) is 3.63. The average Bonchev–Trinajstić information content (AvgIpc) is 3.01. The van der Waals surface area contributed by atoms with E-state index < -0.39 is 6.10 Å². The molecule has 1 aromatic rings. The van der Waals surface area contributed by atoms with Gasteiger partial charge in [0.15, 0.2) is 0 Å². The van der Waals surface area contributed by atoms with E-state index in [1.807, 2.05) is 23.1 Å². The Bertz CT molecular complexity index is 479. The minimum absolute atomic E-state index is 0.0323. The molecule has 1 N–H and O–H groups in total. The molecule has 108 valence electrons. The lowest BCUT2D eigenvalue weighted by molar-refractivity contribution is -0.146. The van der Waals surface area contributed by atoms with Crippen LogP contribution in [0.25, 0.3) is 0 Å². The maximum absolute atomic E-state index is 11.7. The normalized spacial score (nSPS) is 29.0. The molecule has 5 heteroatoms. The van der Waals surface area contributed by atoms with Crippen LogP contribution in [-0.4, -0.2) is 54.4 Å². The van der Waals surface area contributed by atoms with Gasteiger partial charge < -0.3 is 14.6 Å². The van der Waals surface area contributed by atoms with Crippen LogP contribution in [0.2, 0.25) is 0 Å². The number of nitrogens with zero attached hydrogens (tertiary/aromatic N) is 1. The monoisotopic (exact) mass is 277 g/mol. The molecular formula is C15H19NO4. The molecule has 2 aliphatic heterocycles. The Labute approximate surface area is 118 Å². The fourth-order valence-corrected chi connectivity index (χ4v) is 3.08. The second-order valence-corrected chi connectivity index (χ2v) is 5.43. The van der Waals surface area contributed by atoms with Crippen LogP contribution in [0.3, 0.4) is 0 Å². The van der Waals surface area contributed by atoms with Crippen molar-refractivity contribution >= 4 is 5.97 Å². The Morgan fingerprint density at radius 3 is 3.05 bits per heavy atom. The second kappa shape index (κ2) is 5.42. The number of rotatable bonds is 3. The van der Waals surface area contributed by atoms with Gasteiger partial charge in [0, 0.05) is 25.9 Å². The van der Waals surface area contributed by atoms with E-state index in [4.69, 9.17) is 9.47 Å². The van der Waals surface area contributed by atoms with Crippen LogP contribution < -0.4 is 4.74 Å². The van der Waals surface area contributed by atoms with E-state index in [1.165, 1.54) is 12.7 Å². The topological polar surface area (TPSA) is 59.0 Å². The van der Waals surface area contributed by atoms with Crippen molar-refractivity contribution in [3.63, 3.8) is 0 Å². The minimum atomic E-state index is -0.470. The Hall–Kier alpha value is -1.59. The van der Waals surface area contributed by atoms with Gasteiger partial charge in [0.05, 0.1) is 13.2 Å². The number of ether oxygens (including phenoxy) is 2. The first-order valence-electron chi connectivity index (χ1n) is 6.92. The van der Waals surface area contributed by atoms with Crippen LogP contribution >= 0.6 is 0 Å². The number of aliphatic hydroxyl groups is 1. The molecule has 0 amide bonds. The summed E-state index contributed by atoms with van der Waals surface area (Å²) in [5.74, 6) is 0.643. The van der Waals surface area contributed by atoms with E-state index in [2.05, 4.69) is 6.07 Å². The van der Waals surface area contributed by atoms with Gasteiger partial charge in [-0.3, -0.25) is 9.69 Å². The van der Waals surface area contributed by atoms with Crippen LogP contribution in [0.15, 0.2) is 24.3 Å². The standard InChI is InChI=1S/C15H19NO4/c1-19-15(18)13-7-11(17)8-16(13)9-12-6-10-4-2-3-5-14(10)20-12/h2-5,11-13,17H,6-9H2,1H3. The number of likely N-dealkylation sites (tertiary alicyclic amines) is 1. The maximum Gasteiger partial charge on any atom is 0.323 e. The van der Waals surface area contributed by atoms with E-state index in [0.717, 1.165) is 12.2 Å². The summed E-state index contributed by atoms with van der Waals surface area (Å²) in [6.45, 7) is 1.13. The quantitative estimate of drug-likeness (QED) is 0.820. The van der Waals surface area contributed by atoms with Crippen LogP contribution in [0.4, 0.5) is 0 Å². The highest BCUT2D eigenvalue weighted by Crippen LogP contribution is 2.30. The summed E-state index contributed by atoms with van der Waals surface area (Å²) in [7, 11) is 1.38. The van der Waals surface area contributed by atoms with Gasteiger partial charge in [-0.1, -0.05) is 18.2 Å². The van der Waals surface area contributed by atoms with Crippen molar-refractivity contribution in [1.29, 1.82) is 0 Å². The zero-order chi connectivity index (χ0) is 14.1. The highest BCUT2D eigenvalue weighted by atomic mass is 16.5. The molecule has 1 saturated heterocycles. The smallest absolute Gasteiger partial charge is 0.323 e. The number of hydrogen-bond donors (Lipinski definition) is 1. The van der Waals surface area contributed by atoms with E-state index in [9.17, 15) is 9.90 Å². The number of esters is 1. The lowest BCUT2D eigenvalue weighted by Gasteiger charge is -2.24. The molecule has 0 aliphatic carbocycles. The van der Waals surface area contributed by atoms with E-state index in [-0.39, 0.29) is 18.1 Å². The number of benzene rings is 1. The van der Waals surface area contributed by atoms with Crippen molar-refractivity contribution < 1.29 is 19.4 Å². The third-order valence-electron chi connectivity index (χ3n) is 4.01. The zero-order valence-corrected chi connectivity index (χ0v) is 11.5. The predicted molar refractivity (Wildman–Crippen MR) is 72.6 cm³/mol. The molecule has 0 spiro atoms. The molecule has 20 heavy (non-hydrogen) atoms. The van der Waals surface area contributed by atoms with Crippen LogP contribution in [0.1, 0.15) is 12.0 Å². The molecule has 1 aromatic carbocycles. The molecule has 0 saturated carbocycles. The summed E-state index contributed by atoms with van der Waals surface area (Å²) in [5, 5.41) is 9.77. The van der Waals surface area contributed by atoms with Gasteiger partial charge in [0.1, 0.15) is 17.9 Å². The van der Waals surface area contributed by atoms with Gasteiger partial charge in [-0.25, -0.2) is 0 Å². The molecule has 3 atom stereocenters. The van der Waals surface area contributed by atoms with Crippen molar-refractivity contribution in [2.45, 2.75) is 31.1 Å². The Morgan fingerprint density at radius 1 is 1.50 bits per heavy atom. The molecule has 5 nitrogen and oxygen atoms in total. The number of carbonyl (C=O) groups excluding carboxylic acids is 1. The Balaban J connectivity index is 1.65. The van der Waals surface area contributed by atoms with Gasteiger partial charge in [-0.15, -0.1) is 0 Å². The molecule has 0 aromatic heterocycles. The maximum atomic E-state index is 11.7. The van der Waals surface area contributed by atoms with Crippen LogP contribution in [0, 0.1) is 0 Å². The van der Waals surface area contributed by atoms with E-state index in [0.29, 0.717) is 19.5 Å². The van der Waals surface area contributed by atoms with Gasteiger partial charge in [-0.05, 0) is 11.6 Å². The number of β-amino-alcohol motifs (C(OH)–C–C–N with tert-alkyl or cyclic N) is 1. The first-order chi connectivity index (χ1) is 9.67. The van der Waals surface area contributed by atoms with Crippen LogP contribution in [-0.2, 0) is 16.0 Å². The van der Waals surface area contributed by atoms with Gasteiger partial charge in [0.2, 0.25) is 0 Å².